The summed E-state index contributed by atoms with van der Waals surface area (Å²) in [5.74, 6) is 0. The first-order chi connectivity index (χ1) is 14.7. The highest BCUT2D eigenvalue weighted by Crippen LogP contribution is 2.32. The number of benzene rings is 3. The number of rotatable bonds is 4. The first-order valence-corrected chi connectivity index (χ1v) is 9.57. The van der Waals surface area contributed by atoms with Gasteiger partial charge in [0.15, 0.2) is 0 Å². The van der Waals surface area contributed by atoms with Crippen LogP contribution in [0.5, 0.6) is 0 Å². The Balaban J connectivity index is 1.72. The molecule has 0 aliphatic rings. The molecule has 144 valence electrons. The van der Waals surface area contributed by atoms with E-state index in [9.17, 15) is 10.1 Å². The Kier molecular flexibility index (Phi) is 4.33. The Labute approximate surface area is 173 Å². The highest BCUT2D eigenvalue weighted by molar-refractivity contribution is 5.84. The summed E-state index contributed by atoms with van der Waals surface area (Å²) >= 11 is 0. The maximum atomic E-state index is 11.0. The summed E-state index contributed by atoms with van der Waals surface area (Å²) in [7, 11) is 0. The Hall–Kier alpha value is -4.25. The zero-order chi connectivity index (χ0) is 20.5. The van der Waals surface area contributed by atoms with Gasteiger partial charge in [0.1, 0.15) is 5.65 Å². The minimum Gasteiger partial charge on any atom is -0.305 e. The van der Waals surface area contributed by atoms with Crippen LogP contribution in [0.2, 0.25) is 0 Å². The molecule has 2 heterocycles. The van der Waals surface area contributed by atoms with Crippen LogP contribution in [-0.2, 0) is 0 Å². The third-order valence-electron chi connectivity index (χ3n) is 5.12. The molecule has 2 aromatic heterocycles. The maximum absolute atomic E-state index is 11.0. The van der Waals surface area contributed by atoms with Crippen LogP contribution in [0.3, 0.4) is 0 Å². The normalized spacial score (nSPS) is 10.9. The second kappa shape index (κ2) is 7.29. The Morgan fingerprint density at radius 3 is 1.97 bits per heavy atom. The number of aromatic nitrogens is 2. The molecule has 0 amide bonds. The minimum absolute atomic E-state index is 0.0807. The van der Waals surface area contributed by atoms with E-state index in [2.05, 4.69) is 18.2 Å². The molecule has 0 radical (unpaired) electrons. The number of hydrogen-bond donors (Lipinski definition) is 0. The number of nitro benzene ring substituents is 1. The first kappa shape index (κ1) is 17.8. The lowest BCUT2D eigenvalue weighted by molar-refractivity contribution is -0.384. The van der Waals surface area contributed by atoms with Crippen LogP contribution in [0.1, 0.15) is 0 Å². The maximum Gasteiger partial charge on any atom is 0.269 e. The SMILES string of the molecule is O=[N+]([O-])c1ccc(-c2cc(-c3ccccc3)c3nc(-c4ccccc4)cn3c2)cc1. The molecule has 0 fully saturated rings. The van der Waals surface area contributed by atoms with Gasteiger partial charge in [-0.2, -0.15) is 0 Å². The molecule has 30 heavy (non-hydrogen) atoms. The molecule has 5 aromatic rings. The molecule has 5 rings (SSSR count). The van der Waals surface area contributed by atoms with E-state index in [1.165, 1.54) is 12.1 Å². The molecule has 0 saturated carbocycles. The van der Waals surface area contributed by atoms with Crippen LogP contribution in [0.4, 0.5) is 5.69 Å². The number of imidazole rings is 1. The number of non-ortho nitro benzene ring substituents is 1. The summed E-state index contributed by atoms with van der Waals surface area (Å²) in [6, 6.07) is 28.9. The topological polar surface area (TPSA) is 60.4 Å². The van der Waals surface area contributed by atoms with Gasteiger partial charge in [0, 0.05) is 35.7 Å². The van der Waals surface area contributed by atoms with E-state index in [0.717, 1.165) is 39.2 Å². The highest BCUT2D eigenvalue weighted by atomic mass is 16.6. The molecule has 0 aliphatic carbocycles. The van der Waals surface area contributed by atoms with Crippen LogP contribution in [0.25, 0.3) is 39.2 Å². The van der Waals surface area contributed by atoms with Crippen molar-refractivity contribution >= 4 is 11.3 Å². The van der Waals surface area contributed by atoms with Gasteiger partial charge in [-0.3, -0.25) is 10.1 Å². The molecule has 0 unspecified atom stereocenters. The molecule has 0 saturated heterocycles. The fourth-order valence-electron chi connectivity index (χ4n) is 3.61. The van der Waals surface area contributed by atoms with Crippen molar-refractivity contribution in [3.05, 3.63) is 114 Å². The molecule has 3 aromatic carbocycles. The lowest BCUT2D eigenvalue weighted by Crippen LogP contribution is -1.92. The lowest BCUT2D eigenvalue weighted by Gasteiger charge is -2.09. The van der Waals surface area contributed by atoms with Gasteiger partial charge in [-0.1, -0.05) is 60.7 Å². The summed E-state index contributed by atoms with van der Waals surface area (Å²) < 4.78 is 2.03. The summed E-state index contributed by atoms with van der Waals surface area (Å²) in [5.41, 5.74) is 6.85. The first-order valence-electron chi connectivity index (χ1n) is 9.57. The van der Waals surface area contributed by atoms with Crippen molar-refractivity contribution in [1.82, 2.24) is 9.38 Å². The molecule has 0 atom stereocenters. The van der Waals surface area contributed by atoms with Crippen molar-refractivity contribution in [2.45, 2.75) is 0 Å². The van der Waals surface area contributed by atoms with Gasteiger partial charge in [0.2, 0.25) is 0 Å². The van der Waals surface area contributed by atoms with Gasteiger partial charge in [-0.05, 0) is 34.9 Å². The average molecular weight is 391 g/mol. The van der Waals surface area contributed by atoms with E-state index in [1.54, 1.807) is 12.1 Å². The molecule has 5 heteroatoms. The Bertz CT molecular complexity index is 1340. The number of nitrogens with zero attached hydrogens (tertiary/aromatic N) is 3. The van der Waals surface area contributed by atoms with E-state index in [1.807, 2.05) is 65.3 Å². The number of nitro groups is 1. The summed E-state index contributed by atoms with van der Waals surface area (Å²) in [4.78, 5) is 15.5. The smallest absolute Gasteiger partial charge is 0.269 e. The van der Waals surface area contributed by atoms with Crippen LogP contribution < -0.4 is 0 Å². The molecule has 0 N–H and O–H groups in total. The van der Waals surface area contributed by atoms with Crippen molar-refractivity contribution in [2.75, 3.05) is 0 Å². The Morgan fingerprint density at radius 1 is 0.700 bits per heavy atom. The fraction of sp³-hybridized carbons (Fsp3) is 0. The van der Waals surface area contributed by atoms with E-state index in [-0.39, 0.29) is 10.6 Å². The zero-order valence-electron chi connectivity index (χ0n) is 16.0. The second-order valence-electron chi connectivity index (χ2n) is 7.04. The second-order valence-corrected chi connectivity index (χ2v) is 7.04. The fourth-order valence-corrected chi connectivity index (χ4v) is 3.61. The highest BCUT2D eigenvalue weighted by Gasteiger charge is 2.13. The number of pyridine rings is 1. The standard InChI is InChI=1S/C25H17N3O2/c29-28(30)22-13-11-18(12-14-22)21-15-23(19-7-3-1-4-8-19)25-26-24(17-27(25)16-21)20-9-5-2-6-10-20/h1-17H. The van der Waals surface area contributed by atoms with Gasteiger partial charge in [-0.25, -0.2) is 4.98 Å². The van der Waals surface area contributed by atoms with Crippen LogP contribution in [0, 0.1) is 10.1 Å². The lowest BCUT2D eigenvalue weighted by atomic mass is 10.0. The van der Waals surface area contributed by atoms with E-state index < -0.39 is 0 Å². The van der Waals surface area contributed by atoms with Crippen molar-refractivity contribution in [3.8, 4) is 33.5 Å². The molecule has 0 spiro atoms. The average Bonchev–Trinajstić information content (AvgIpc) is 3.24. The van der Waals surface area contributed by atoms with Crippen molar-refractivity contribution in [1.29, 1.82) is 0 Å². The summed E-state index contributed by atoms with van der Waals surface area (Å²) in [5, 5.41) is 11.0. The van der Waals surface area contributed by atoms with E-state index in [0.29, 0.717) is 0 Å². The zero-order valence-corrected chi connectivity index (χ0v) is 16.0. The van der Waals surface area contributed by atoms with Crippen molar-refractivity contribution in [2.24, 2.45) is 0 Å². The third-order valence-corrected chi connectivity index (χ3v) is 5.12. The third kappa shape index (κ3) is 3.22. The van der Waals surface area contributed by atoms with Gasteiger partial charge >= 0.3 is 0 Å². The Morgan fingerprint density at radius 2 is 1.33 bits per heavy atom. The molecule has 5 nitrogen and oxygen atoms in total. The quantitative estimate of drug-likeness (QED) is 0.269. The monoisotopic (exact) mass is 391 g/mol. The van der Waals surface area contributed by atoms with Gasteiger partial charge in [0.05, 0.1) is 10.6 Å². The van der Waals surface area contributed by atoms with Crippen LogP contribution in [-0.4, -0.2) is 14.3 Å². The van der Waals surface area contributed by atoms with E-state index >= 15 is 0 Å². The predicted molar refractivity (Wildman–Crippen MR) is 118 cm³/mol. The van der Waals surface area contributed by atoms with Gasteiger partial charge in [-0.15, -0.1) is 0 Å². The van der Waals surface area contributed by atoms with E-state index in [4.69, 9.17) is 4.98 Å². The summed E-state index contributed by atoms with van der Waals surface area (Å²) in [6.07, 6.45) is 4.04. The summed E-state index contributed by atoms with van der Waals surface area (Å²) in [6.45, 7) is 0. The van der Waals surface area contributed by atoms with Crippen LogP contribution >= 0.6 is 0 Å². The molecule has 0 aliphatic heterocycles. The molecule has 0 bridgehead atoms. The van der Waals surface area contributed by atoms with Crippen molar-refractivity contribution in [3.63, 3.8) is 0 Å². The van der Waals surface area contributed by atoms with Crippen LogP contribution in [0.15, 0.2) is 103 Å². The number of hydrogen-bond acceptors (Lipinski definition) is 3. The largest absolute Gasteiger partial charge is 0.305 e. The van der Waals surface area contributed by atoms with Gasteiger partial charge in [0.25, 0.3) is 5.69 Å². The number of fused-ring (bicyclic) bond motifs is 1. The predicted octanol–water partition coefficient (Wildman–Crippen LogP) is 6.24. The molecular weight excluding hydrogens is 374 g/mol. The van der Waals surface area contributed by atoms with Crippen molar-refractivity contribution < 1.29 is 4.92 Å². The molecular formula is C25H17N3O2. The van der Waals surface area contributed by atoms with Gasteiger partial charge < -0.3 is 4.40 Å². The minimum atomic E-state index is -0.385.